The van der Waals surface area contributed by atoms with E-state index in [2.05, 4.69) is 10.3 Å². The molecule has 166 valence electrons. The second kappa shape index (κ2) is 9.07. The Kier molecular flexibility index (Phi) is 6.47. The van der Waals surface area contributed by atoms with Crippen molar-refractivity contribution in [3.8, 4) is 11.5 Å². The molecule has 3 aromatic rings. The highest BCUT2D eigenvalue weighted by Gasteiger charge is 2.18. The van der Waals surface area contributed by atoms with Crippen LogP contribution >= 0.6 is 0 Å². The molecule has 0 aliphatic carbocycles. The highest BCUT2D eigenvalue weighted by molar-refractivity contribution is 5.79. The van der Waals surface area contributed by atoms with Crippen molar-refractivity contribution in [3.63, 3.8) is 0 Å². The summed E-state index contributed by atoms with van der Waals surface area (Å²) in [7, 11) is 2.93. The SMILES string of the molecule is CCOc1ccc([C@@H](C)NC(=O)Cn2cnc3c2c(=O)n(C)c(=O)n3C)cc1OCC. The van der Waals surface area contributed by atoms with Gasteiger partial charge in [-0.25, -0.2) is 9.78 Å². The fourth-order valence-electron chi connectivity index (χ4n) is 3.38. The molecule has 0 aliphatic rings. The van der Waals surface area contributed by atoms with E-state index in [1.165, 1.54) is 29.6 Å². The van der Waals surface area contributed by atoms with Gasteiger partial charge in [0.25, 0.3) is 5.56 Å². The lowest BCUT2D eigenvalue weighted by molar-refractivity contribution is -0.122. The molecule has 3 rings (SSSR count). The first-order chi connectivity index (χ1) is 14.8. The van der Waals surface area contributed by atoms with Gasteiger partial charge in [-0.3, -0.25) is 18.7 Å². The number of fused-ring (bicyclic) bond motifs is 1. The van der Waals surface area contributed by atoms with Crippen LogP contribution in [0.4, 0.5) is 0 Å². The second-order valence-electron chi connectivity index (χ2n) is 7.11. The zero-order chi connectivity index (χ0) is 22.7. The molecule has 0 radical (unpaired) electrons. The Hall–Kier alpha value is -3.56. The third-order valence-electron chi connectivity index (χ3n) is 4.98. The molecular formula is C21H27N5O5. The first kappa shape index (κ1) is 22.1. The van der Waals surface area contributed by atoms with Crippen molar-refractivity contribution in [2.75, 3.05) is 13.2 Å². The summed E-state index contributed by atoms with van der Waals surface area (Å²) in [5.41, 5.74) is 0.328. The van der Waals surface area contributed by atoms with Crippen molar-refractivity contribution in [3.05, 3.63) is 50.9 Å². The zero-order valence-corrected chi connectivity index (χ0v) is 18.3. The molecule has 0 saturated heterocycles. The summed E-state index contributed by atoms with van der Waals surface area (Å²) >= 11 is 0. The maximum absolute atomic E-state index is 12.7. The number of hydrogen-bond donors (Lipinski definition) is 1. The number of rotatable bonds is 8. The first-order valence-corrected chi connectivity index (χ1v) is 10.1. The van der Waals surface area contributed by atoms with E-state index in [1.807, 2.05) is 39.0 Å². The van der Waals surface area contributed by atoms with Crippen LogP contribution in [0.2, 0.25) is 0 Å². The number of amides is 1. The van der Waals surface area contributed by atoms with Crippen molar-refractivity contribution in [2.45, 2.75) is 33.4 Å². The van der Waals surface area contributed by atoms with Crippen molar-refractivity contribution < 1.29 is 14.3 Å². The van der Waals surface area contributed by atoms with E-state index in [9.17, 15) is 14.4 Å². The van der Waals surface area contributed by atoms with Crippen LogP contribution in [0.25, 0.3) is 11.2 Å². The maximum atomic E-state index is 12.7. The Morgan fingerprint density at radius 2 is 1.77 bits per heavy atom. The number of imidazole rings is 1. The van der Waals surface area contributed by atoms with Gasteiger partial charge in [0, 0.05) is 14.1 Å². The summed E-state index contributed by atoms with van der Waals surface area (Å²) in [5.74, 6) is 0.973. The van der Waals surface area contributed by atoms with Gasteiger partial charge in [0.2, 0.25) is 5.91 Å². The number of nitrogens with one attached hydrogen (secondary N) is 1. The number of aryl methyl sites for hydroxylation is 1. The Bertz CT molecular complexity index is 1220. The molecule has 2 heterocycles. The molecule has 1 aromatic carbocycles. The molecule has 2 aromatic heterocycles. The lowest BCUT2D eigenvalue weighted by atomic mass is 10.1. The van der Waals surface area contributed by atoms with Gasteiger partial charge in [-0.1, -0.05) is 6.07 Å². The van der Waals surface area contributed by atoms with E-state index in [1.54, 1.807) is 0 Å². The molecule has 0 aliphatic heterocycles. The average molecular weight is 429 g/mol. The molecule has 0 unspecified atom stereocenters. The number of hydrogen-bond acceptors (Lipinski definition) is 6. The average Bonchev–Trinajstić information content (AvgIpc) is 3.15. The smallest absolute Gasteiger partial charge is 0.332 e. The fraction of sp³-hybridized carbons (Fsp3) is 0.429. The number of carbonyl (C=O) groups excluding carboxylic acids is 1. The maximum Gasteiger partial charge on any atom is 0.332 e. The normalized spacial score (nSPS) is 12.0. The number of carbonyl (C=O) groups is 1. The molecule has 10 nitrogen and oxygen atoms in total. The lowest BCUT2D eigenvalue weighted by Crippen LogP contribution is -2.38. The molecule has 0 fully saturated rings. The highest BCUT2D eigenvalue weighted by Crippen LogP contribution is 2.30. The minimum Gasteiger partial charge on any atom is -0.490 e. The van der Waals surface area contributed by atoms with Crippen LogP contribution in [0.5, 0.6) is 11.5 Å². The van der Waals surface area contributed by atoms with Gasteiger partial charge in [0.05, 0.1) is 25.6 Å². The number of benzene rings is 1. The monoisotopic (exact) mass is 429 g/mol. The molecule has 0 spiro atoms. The van der Waals surface area contributed by atoms with Gasteiger partial charge in [0.1, 0.15) is 6.54 Å². The highest BCUT2D eigenvalue weighted by atomic mass is 16.5. The van der Waals surface area contributed by atoms with Crippen LogP contribution in [0, 0.1) is 0 Å². The minimum atomic E-state index is -0.496. The molecule has 1 N–H and O–H groups in total. The van der Waals surface area contributed by atoms with Gasteiger partial charge in [-0.15, -0.1) is 0 Å². The van der Waals surface area contributed by atoms with E-state index in [0.29, 0.717) is 24.7 Å². The molecular weight excluding hydrogens is 402 g/mol. The molecule has 1 amide bonds. The molecule has 1 atom stereocenters. The van der Waals surface area contributed by atoms with E-state index in [0.717, 1.165) is 10.1 Å². The van der Waals surface area contributed by atoms with Crippen LogP contribution in [0.1, 0.15) is 32.4 Å². The van der Waals surface area contributed by atoms with E-state index < -0.39 is 11.2 Å². The van der Waals surface area contributed by atoms with E-state index >= 15 is 0 Å². The third kappa shape index (κ3) is 4.32. The van der Waals surface area contributed by atoms with Crippen LogP contribution in [0.15, 0.2) is 34.1 Å². The summed E-state index contributed by atoms with van der Waals surface area (Å²) in [4.78, 5) is 41.4. The van der Waals surface area contributed by atoms with Gasteiger partial charge >= 0.3 is 5.69 Å². The van der Waals surface area contributed by atoms with Crippen LogP contribution < -0.4 is 26.0 Å². The van der Waals surface area contributed by atoms with Gasteiger partial charge in [-0.2, -0.15) is 0 Å². The zero-order valence-electron chi connectivity index (χ0n) is 18.3. The second-order valence-corrected chi connectivity index (χ2v) is 7.11. The van der Waals surface area contributed by atoms with E-state index in [-0.39, 0.29) is 29.7 Å². The Balaban J connectivity index is 1.81. The number of ether oxygens (including phenoxy) is 2. The summed E-state index contributed by atoms with van der Waals surface area (Å²) in [6, 6.07) is 5.23. The predicted molar refractivity (Wildman–Crippen MR) is 116 cm³/mol. The third-order valence-corrected chi connectivity index (χ3v) is 4.98. The van der Waals surface area contributed by atoms with Crippen LogP contribution in [-0.4, -0.2) is 37.8 Å². The predicted octanol–water partition coefficient (Wildman–Crippen LogP) is 1.11. The number of nitrogens with zero attached hydrogens (tertiary/aromatic N) is 4. The van der Waals surface area contributed by atoms with Gasteiger partial charge in [-0.05, 0) is 38.5 Å². The fourth-order valence-corrected chi connectivity index (χ4v) is 3.38. The van der Waals surface area contributed by atoms with Crippen LogP contribution in [-0.2, 0) is 25.4 Å². The summed E-state index contributed by atoms with van der Waals surface area (Å²) in [6.45, 7) is 6.56. The molecule has 31 heavy (non-hydrogen) atoms. The quantitative estimate of drug-likeness (QED) is 0.575. The summed E-state index contributed by atoms with van der Waals surface area (Å²) < 4.78 is 15.0. The molecule has 0 saturated carbocycles. The molecule has 10 heteroatoms. The van der Waals surface area contributed by atoms with Crippen molar-refractivity contribution in [2.24, 2.45) is 14.1 Å². The Morgan fingerprint density at radius 1 is 1.10 bits per heavy atom. The molecule has 0 bridgehead atoms. The minimum absolute atomic E-state index is 0.108. The topological polar surface area (TPSA) is 109 Å². The Labute approximate surface area is 179 Å². The largest absolute Gasteiger partial charge is 0.490 e. The van der Waals surface area contributed by atoms with Crippen molar-refractivity contribution in [1.82, 2.24) is 24.0 Å². The van der Waals surface area contributed by atoms with Gasteiger partial charge < -0.3 is 19.4 Å². The summed E-state index contributed by atoms with van der Waals surface area (Å²) in [5, 5.41) is 2.92. The Morgan fingerprint density at radius 3 is 2.45 bits per heavy atom. The van der Waals surface area contributed by atoms with Crippen molar-refractivity contribution >= 4 is 17.1 Å². The number of aromatic nitrogens is 4. The summed E-state index contributed by atoms with van der Waals surface area (Å²) in [6.07, 6.45) is 1.39. The van der Waals surface area contributed by atoms with Gasteiger partial charge in [0.15, 0.2) is 22.7 Å². The standard InChI is InChI=1S/C21H27N5O5/c1-6-30-15-9-8-14(10-16(15)31-7-2)13(3)23-17(27)11-26-12-22-19-18(26)20(28)25(5)21(29)24(19)4/h8-10,12-13H,6-7,11H2,1-5H3,(H,23,27)/t13-/m1/s1. The van der Waals surface area contributed by atoms with Crippen molar-refractivity contribution in [1.29, 1.82) is 0 Å². The first-order valence-electron chi connectivity index (χ1n) is 10.1. The van der Waals surface area contributed by atoms with E-state index in [4.69, 9.17) is 9.47 Å². The van der Waals surface area contributed by atoms with Crippen LogP contribution in [0.3, 0.4) is 0 Å². The lowest BCUT2D eigenvalue weighted by Gasteiger charge is -2.18.